The predicted molar refractivity (Wildman–Crippen MR) is 51.2 cm³/mol. The first kappa shape index (κ1) is 9.91. The zero-order valence-corrected chi connectivity index (χ0v) is 7.21. The van der Waals surface area contributed by atoms with Crippen LogP contribution in [0, 0.1) is 10.1 Å². The van der Waals surface area contributed by atoms with Crippen LogP contribution in [0.4, 0.5) is 5.69 Å². The van der Waals surface area contributed by atoms with Crippen LogP contribution in [-0.2, 0) is 4.79 Å². The maximum Gasteiger partial charge on any atom is 0.254 e. The van der Waals surface area contributed by atoms with Gasteiger partial charge in [0.1, 0.15) is 0 Å². The van der Waals surface area contributed by atoms with Crippen molar-refractivity contribution in [2.24, 2.45) is 0 Å². The average Bonchev–Trinajstić information content (AvgIpc) is 2.16. The highest BCUT2D eigenvalue weighted by Gasteiger charge is 1.97. The summed E-state index contributed by atoms with van der Waals surface area (Å²) in [6, 6.07) is 8.71. The molecule has 5 heteroatoms. The third-order valence-electron chi connectivity index (χ3n) is 1.39. The highest BCUT2D eigenvalue weighted by molar-refractivity contribution is 5.98. The van der Waals surface area contributed by atoms with E-state index in [-0.39, 0.29) is 0 Å². The molecule has 72 valence electrons. The first-order chi connectivity index (χ1) is 6.68. The van der Waals surface area contributed by atoms with Crippen molar-refractivity contribution in [3.63, 3.8) is 0 Å². The van der Waals surface area contributed by atoms with Crippen LogP contribution in [0.1, 0.15) is 0 Å². The van der Waals surface area contributed by atoms with Crippen LogP contribution >= 0.6 is 0 Å². The summed E-state index contributed by atoms with van der Waals surface area (Å²) in [7, 11) is 0. The smallest absolute Gasteiger partial charge is 0.254 e. The lowest BCUT2D eigenvalue weighted by molar-refractivity contribution is -0.402. The second-order valence-electron chi connectivity index (χ2n) is 2.46. The predicted octanol–water partition coefficient (Wildman–Crippen LogP) is 1.42. The van der Waals surface area contributed by atoms with Crippen molar-refractivity contribution in [1.29, 1.82) is 0 Å². The van der Waals surface area contributed by atoms with Crippen molar-refractivity contribution in [2.45, 2.75) is 0 Å². The Labute approximate surface area is 80.2 Å². The molecule has 0 fully saturated rings. The minimum Gasteiger partial charge on any atom is -0.322 e. The maximum absolute atomic E-state index is 11.0. The molecule has 0 aromatic heterocycles. The quantitative estimate of drug-likeness (QED) is 0.447. The van der Waals surface area contributed by atoms with Gasteiger partial charge in [-0.05, 0) is 12.1 Å². The minimum absolute atomic E-state index is 0.520. The summed E-state index contributed by atoms with van der Waals surface area (Å²) in [6.07, 6.45) is 1.46. The summed E-state index contributed by atoms with van der Waals surface area (Å²) >= 11 is 0. The second kappa shape index (κ2) is 4.76. The highest BCUT2D eigenvalue weighted by atomic mass is 16.6. The summed E-state index contributed by atoms with van der Waals surface area (Å²) in [5.74, 6) is -0.520. The molecule has 0 radical (unpaired) electrons. The number of amides is 1. The Morgan fingerprint density at radius 2 is 2.00 bits per heavy atom. The molecule has 0 atom stereocenters. The fourth-order valence-corrected chi connectivity index (χ4v) is 0.834. The van der Waals surface area contributed by atoms with E-state index in [1.807, 2.05) is 6.07 Å². The van der Waals surface area contributed by atoms with Crippen molar-refractivity contribution < 1.29 is 9.72 Å². The first-order valence-corrected chi connectivity index (χ1v) is 3.86. The number of hydrogen-bond acceptors (Lipinski definition) is 3. The Morgan fingerprint density at radius 1 is 1.36 bits per heavy atom. The Balaban J connectivity index is 2.54. The van der Waals surface area contributed by atoms with Gasteiger partial charge in [-0.2, -0.15) is 0 Å². The van der Waals surface area contributed by atoms with Gasteiger partial charge in [0.25, 0.3) is 5.91 Å². The van der Waals surface area contributed by atoms with Gasteiger partial charge < -0.3 is 5.32 Å². The van der Waals surface area contributed by atoms with E-state index in [2.05, 4.69) is 5.32 Å². The van der Waals surface area contributed by atoms with Crippen LogP contribution in [-0.4, -0.2) is 10.8 Å². The van der Waals surface area contributed by atoms with Crippen LogP contribution in [0.25, 0.3) is 0 Å². The molecule has 1 aromatic carbocycles. The van der Waals surface area contributed by atoms with Gasteiger partial charge in [0.15, 0.2) is 0 Å². The molecule has 5 nitrogen and oxygen atoms in total. The molecule has 1 N–H and O–H groups in total. The van der Waals surface area contributed by atoms with Gasteiger partial charge in [-0.1, -0.05) is 18.2 Å². The van der Waals surface area contributed by atoms with E-state index >= 15 is 0 Å². The van der Waals surface area contributed by atoms with Crippen LogP contribution in [0.3, 0.4) is 0 Å². The van der Waals surface area contributed by atoms with Gasteiger partial charge in [-0.3, -0.25) is 14.9 Å². The standard InChI is InChI=1S/C9H8N2O3/c12-9(6-7-11(13)14)10-8-4-2-1-3-5-8/h1-7H,(H,10,12). The number of hydrogen-bond donors (Lipinski definition) is 1. The molecule has 0 aliphatic carbocycles. The van der Waals surface area contributed by atoms with Gasteiger partial charge in [0.2, 0.25) is 6.20 Å². The number of para-hydroxylation sites is 1. The van der Waals surface area contributed by atoms with Crippen LogP contribution in [0.2, 0.25) is 0 Å². The van der Waals surface area contributed by atoms with Crippen molar-refractivity contribution >= 4 is 11.6 Å². The van der Waals surface area contributed by atoms with E-state index in [1.165, 1.54) is 0 Å². The molecular weight excluding hydrogens is 184 g/mol. The Bertz CT molecular complexity index is 360. The lowest BCUT2D eigenvalue weighted by atomic mass is 10.3. The van der Waals surface area contributed by atoms with Crippen molar-refractivity contribution in [3.05, 3.63) is 52.7 Å². The van der Waals surface area contributed by atoms with Gasteiger partial charge in [-0.25, -0.2) is 0 Å². The van der Waals surface area contributed by atoms with Crippen LogP contribution in [0.15, 0.2) is 42.6 Å². The zero-order chi connectivity index (χ0) is 10.4. The van der Waals surface area contributed by atoms with Crippen molar-refractivity contribution in [2.75, 3.05) is 5.32 Å². The van der Waals surface area contributed by atoms with Gasteiger partial charge in [0, 0.05) is 5.69 Å². The zero-order valence-electron chi connectivity index (χ0n) is 7.21. The Hall–Kier alpha value is -2.17. The molecule has 0 spiro atoms. The molecule has 1 aromatic rings. The molecule has 0 bridgehead atoms. The lowest BCUT2D eigenvalue weighted by Crippen LogP contribution is -2.08. The molecule has 0 saturated carbocycles. The molecule has 0 aliphatic heterocycles. The second-order valence-corrected chi connectivity index (χ2v) is 2.46. The summed E-state index contributed by atoms with van der Waals surface area (Å²) in [5.41, 5.74) is 0.602. The van der Waals surface area contributed by atoms with Crippen LogP contribution < -0.4 is 5.32 Å². The van der Waals surface area contributed by atoms with E-state index < -0.39 is 10.8 Å². The first-order valence-electron chi connectivity index (χ1n) is 3.86. The van der Waals surface area contributed by atoms with Crippen LogP contribution in [0.5, 0.6) is 0 Å². The number of benzene rings is 1. The maximum atomic E-state index is 11.0. The van der Waals surface area contributed by atoms with E-state index in [9.17, 15) is 14.9 Å². The largest absolute Gasteiger partial charge is 0.322 e. The number of nitro groups is 1. The van der Waals surface area contributed by atoms with Crippen molar-refractivity contribution in [3.8, 4) is 0 Å². The Kier molecular flexibility index (Phi) is 3.37. The number of nitrogens with one attached hydrogen (secondary N) is 1. The fourth-order valence-electron chi connectivity index (χ4n) is 0.834. The normalized spacial score (nSPS) is 10.0. The van der Waals surface area contributed by atoms with Crippen molar-refractivity contribution in [1.82, 2.24) is 0 Å². The third-order valence-corrected chi connectivity index (χ3v) is 1.39. The van der Waals surface area contributed by atoms with Gasteiger partial charge in [0.05, 0.1) is 11.0 Å². The number of anilines is 1. The van der Waals surface area contributed by atoms with E-state index in [0.717, 1.165) is 6.08 Å². The molecule has 1 rings (SSSR count). The molecule has 0 unspecified atom stereocenters. The monoisotopic (exact) mass is 192 g/mol. The summed E-state index contributed by atoms with van der Waals surface area (Å²) in [6.45, 7) is 0. The number of rotatable bonds is 3. The Morgan fingerprint density at radius 3 is 2.57 bits per heavy atom. The summed E-state index contributed by atoms with van der Waals surface area (Å²) in [4.78, 5) is 20.2. The van der Waals surface area contributed by atoms with Gasteiger partial charge in [-0.15, -0.1) is 0 Å². The third kappa shape index (κ3) is 3.48. The molecule has 0 saturated heterocycles. The molecule has 1 amide bonds. The highest BCUT2D eigenvalue weighted by Crippen LogP contribution is 2.04. The SMILES string of the molecule is O=C(C=C[N+](=O)[O-])Nc1ccccc1. The summed E-state index contributed by atoms with van der Waals surface area (Å²) < 4.78 is 0. The van der Waals surface area contributed by atoms with Gasteiger partial charge >= 0.3 is 0 Å². The minimum atomic E-state index is -0.690. The van der Waals surface area contributed by atoms with E-state index in [0.29, 0.717) is 11.9 Å². The molecule has 0 aliphatic rings. The van der Waals surface area contributed by atoms with E-state index in [4.69, 9.17) is 0 Å². The molecule has 0 heterocycles. The average molecular weight is 192 g/mol. The summed E-state index contributed by atoms with van der Waals surface area (Å²) in [5, 5.41) is 12.4. The molecular formula is C9H8N2O3. The lowest BCUT2D eigenvalue weighted by Gasteiger charge is -1.98. The number of carbonyl (C=O) groups is 1. The number of carbonyl (C=O) groups excluding carboxylic acids is 1. The fraction of sp³-hybridized carbons (Fsp3) is 0. The number of nitrogens with zero attached hydrogens (tertiary/aromatic N) is 1. The molecule has 14 heavy (non-hydrogen) atoms. The van der Waals surface area contributed by atoms with E-state index in [1.54, 1.807) is 24.3 Å². The topological polar surface area (TPSA) is 72.2 Å².